The number of nitrogens with one attached hydrogen (secondary N) is 1. The maximum absolute atomic E-state index is 12.9. The summed E-state index contributed by atoms with van der Waals surface area (Å²) in [5.74, 6) is 2.25. The van der Waals surface area contributed by atoms with Gasteiger partial charge in [-0.25, -0.2) is 0 Å². The molecule has 1 aliphatic rings. The molecular formula is C26H22ClN7O2. The summed E-state index contributed by atoms with van der Waals surface area (Å²) < 4.78 is 9.54. The molecule has 4 heterocycles. The van der Waals surface area contributed by atoms with Gasteiger partial charge in [0.05, 0.1) is 5.69 Å². The Bertz CT molecular complexity index is 1610. The number of aryl methyl sites for hydroxylation is 2. The number of anilines is 1. The highest BCUT2D eigenvalue weighted by atomic mass is 35.5. The number of para-hydroxylation sites is 1. The number of fused-ring (bicyclic) bond motifs is 2. The molecule has 180 valence electrons. The molecule has 2 aromatic carbocycles. The molecule has 0 fully saturated rings. The third-order valence-electron chi connectivity index (χ3n) is 6.33. The first-order valence-electron chi connectivity index (χ1n) is 11.5. The molecule has 0 saturated carbocycles. The smallest absolute Gasteiger partial charge is 0.226 e. The van der Waals surface area contributed by atoms with Crippen molar-refractivity contribution in [1.29, 1.82) is 0 Å². The molecule has 0 saturated heterocycles. The fraction of sp³-hybridized carbons (Fsp3) is 0.192. The van der Waals surface area contributed by atoms with Crippen molar-refractivity contribution in [1.82, 2.24) is 29.6 Å². The average molecular weight is 500 g/mol. The van der Waals surface area contributed by atoms with E-state index in [-0.39, 0.29) is 18.2 Å². The number of carbonyl (C=O) groups is 1. The van der Waals surface area contributed by atoms with Crippen molar-refractivity contribution in [3.8, 4) is 11.6 Å². The molecule has 0 radical (unpaired) electrons. The van der Waals surface area contributed by atoms with Gasteiger partial charge in [0.25, 0.3) is 0 Å². The van der Waals surface area contributed by atoms with Gasteiger partial charge >= 0.3 is 0 Å². The molecule has 1 atom stereocenters. The van der Waals surface area contributed by atoms with E-state index in [1.54, 1.807) is 9.20 Å². The molecular weight excluding hydrogens is 478 g/mol. The van der Waals surface area contributed by atoms with Gasteiger partial charge in [-0.2, -0.15) is 14.3 Å². The van der Waals surface area contributed by atoms with Crippen LogP contribution in [0.15, 0.2) is 60.7 Å². The summed E-state index contributed by atoms with van der Waals surface area (Å²) in [6, 6.07) is 19.0. The second kappa shape index (κ2) is 8.76. The van der Waals surface area contributed by atoms with E-state index in [2.05, 4.69) is 20.6 Å². The minimum Gasteiger partial charge on any atom is -0.489 e. The van der Waals surface area contributed by atoms with E-state index in [0.717, 1.165) is 28.1 Å². The molecule has 36 heavy (non-hydrogen) atoms. The number of halogens is 1. The van der Waals surface area contributed by atoms with Crippen molar-refractivity contribution in [2.75, 3.05) is 5.32 Å². The molecule has 3 aromatic heterocycles. The average Bonchev–Trinajstić information content (AvgIpc) is 3.42. The fourth-order valence-electron chi connectivity index (χ4n) is 4.62. The number of rotatable bonds is 5. The van der Waals surface area contributed by atoms with Crippen LogP contribution < -0.4 is 10.1 Å². The number of nitrogens with zero attached hydrogens (tertiary/aromatic N) is 6. The van der Waals surface area contributed by atoms with Crippen molar-refractivity contribution in [2.24, 2.45) is 0 Å². The zero-order chi connectivity index (χ0) is 24.8. The summed E-state index contributed by atoms with van der Waals surface area (Å²) >= 11 is 6.01. The molecule has 10 heteroatoms. The fourth-order valence-corrected chi connectivity index (χ4v) is 4.75. The van der Waals surface area contributed by atoms with E-state index in [0.29, 0.717) is 34.7 Å². The van der Waals surface area contributed by atoms with Crippen LogP contribution in [0.25, 0.3) is 11.5 Å². The Hall–Kier alpha value is -4.24. The predicted octanol–water partition coefficient (Wildman–Crippen LogP) is 4.63. The van der Waals surface area contributed by atoms with Gasteiger partial charge in [-0.1, -0.05) is 41.9 Å². The van der Waals surface area contributed by atoms with Crippen LogP contribution in [0.3, 0.4) is 0 Å². The van der Waals surface area contributed by atoms with Crippen molar-refractivity contribution < 1.29 is 9.53 Å². The summed E-state index contributed by atoms with van der Waals surface area (Å²) in [7, 11) is 0. The van der Waals surface area contributed by atoms with Gasteiger partial charge in [0, 0.05) is 28.5 Å². The predicted molar refractivity (Wildman–Crippen MR) is 135 cm³/mol. The summed E-state index contributed by atoms with van der Waals surface area (Å²) in [4.78, 5) is 12.9. The minimum absolute atomic E-state index is 0.0947. The topological polar surface area (TPSA) is 99.2 Å². The van der Waals surface area contributed by atoms with Crippen LogP contribution in [0.4, 0.5) is 5.82 Å². The molecule has 0 spiro atoms. The van der Waals surface area contributed by atoms with Crippen LogP contribution in [0.2, 0.25) is 5.02 Å². The molecule has 1 amide bonds. The number of benzene rings is 2. The van der Waals surface area contributed by atoms with E-state index in [9.17, 15) is 4.79 Å². The lowest BCUT2D eigenvalue weighted by molar-refractivity contribution is -0.116. The lowest BCUT2D eigenvalue weighted by Gasteiger charge is -2.26. The highest BCUT2D eigenvalue weighted by Gasteiger charge is 2.34. The number of aromatic nitrogens is 6. The maximum Gasteiger partial charge on any atom is 0.226 e. The van der Waals surface area contributed by atoms with E-state index in [4.69, 9.17) is 21.4 Å². The molecule has 1 N–H and O–H groups in total. The highest BCUT2D eigenvalue weighted by Crippen LogP contribution is 2.43. The Morgan fingerprint density at radius 3 is 2.67 bits per heavy atom. The van der Waals surface area contributed by atoms with Crippen LogP contribution in [-0.2, 0) is 11.4 Å². The molecule has 1 aliphatic heterocycles. The van der Waals surface area contributed by atoms with Crippen LogP contribution in [0.5, 0.6) is 5.75 Å². The Labute approximate surface area is 211 Å². The van der Waals surface area contributed by atoms with Crippen molar-refractivity contribution >= 4 is 29.0 Å². The van der Waals surface area contributed by atoms with Crippen molar-refractivity contribution in [2.45, 2.75) is 32.8 Å². The van der Waals surface area contributed by atoms with Gasteiger partial charge in [0.15, 0.2) is 17.3 Å². The third-order valence-corrected chi connectivity index (χ3v) is 6.58. The van der Waals surface area contributed by atoms with Gasteiger partial charge in [0.2, 0.25) is 5.91 Å². The van der Waals surface area contributed by atoms with Gasteiger partial charge in [-0.15, -0.1) is 15.3 Å². The standard InChI is InChI=1S/C26H22ClN7O2/c1-15-25-20(19-5-3-4-6-21(19)36-14-17-7-9-18(27)10-8-17)13-24(35)28-26(25)34(31-15)23-12-11-22-30-29-16(2)33(22)32-23/h3-12,20H,13-14H2,1-2H3,(H,28,35). The lowest BCUT2D eigenvalue weighted by atomic mass is 9.85. The first-order chi connectivity index (χ1) is 17.5. The lowest BCUT2D eigenvalue weighted by Crippen LogP contribution is -2.25. The van der Waals surface area contributed by atoms with Crippen molar-refractivity contribution in [3.63, 3.8) is 0 Å². The van der Waals surface area contributed by atoms with Gasteiger partial charge in [-0.05, 0) is 49.7 Å². The Morgan fingerprint density at radius 2 is 1.83 bits per heavy atom. The summed E-state index contributed by atoms with van der Waals surface area (Å²) in [6.45, 7) is 4.17. The number of hydrogen-bond acceptors (Lipinski definition) is 6. The van der Waals surface area contributed by atoms with E-state index in [1.165, 1.54) is 0 Å². The third kappa shape index (κ3) is 3.87. The van der Waals surface area contributed by atoms with E-state index < -0.39 is 0 Å². The Morgan fingerprint density at radius 1 is 1.03 bits per heavy atom. The molecule has 0 bridgehead atoms. The first-order valence-corrected chi connectivity index (χ1v) is 11.9. The number of hydrogen-bond donors (Lipinski definition) is 1. The monoisotopic (exact) mass is 499 g/mol. The highest BCUT2D eigenvalue weighted by molar-refractivity contribution is 6.30. The normalized spacial score (nSPS) is 15.1. The molecule has 5 aromatic rings. The second-order valence-electron chi connectivity index (χ2n) is 8.73. The summed E-state index contributed by atoms with van der Waals surface area (Å²) in [6.07, 6.45) is 0.290. The largest absolute Gasteiger partial charge is 0.489 e. The molecule has 0 aliphatic carbocycles. The van der Waals surface area contributed by atoms with Gasteiger partial charge < -0.3 is 10.1 Å². The maximum atomic E-state index is 12.9. The zero-order valence-corrected chi connectivity index (χ0v) is 20.4. The van der Waals surface area contributed by atoms with Crippen LogP contribution in [0.1, 0.15) is 40.5 Å². The van der Waals surface area contributed by atoms with Crippen LogP contribution >= 0.6 is 11.6 Å². The van der Waals surface area contributed by atoms with Crippen LogP contribution in [0, 0.1) is 13.8 Å². The van der Waals surface area contributed by atoms with Gasteiger partial charge in [-0.3, -0.25) is 4.79 Å². The molecule has 6 rings (SSSR count). The van der Waals surface area contributed by atoms with Crippen molar-refractivity contribution in [3.05, 3.63) is 93.9 Å². The summed E-state index contributed by atoms with van der Waals surface area (Å²) in [5, 5.41) is 21.3. The molecule has 9 nitrogen and oxygen atoms in total. The minimum atomic E-state index is -0.218. The first kappa shape index (κ1) is 22.2. The molecule has 1 unspecified atom stereocenters. The van der Waals surface area contributed by atoms with Gasteiger partial charge in [0.1, 0.15) is 18.2 Å². The van der Waals surface area contributed by atoms with Crippen LogP contribution in [-0.4, -0.2) is 35.5 Å². The number of amides is 1. The Kier molecular flexibility index (Phi) is 5.41. The Balaban J connectivity index is 1.39. The zero-order valence-electron chi connectivity index (χ0n) is 19.6. The summed E-state index contributed by atoms with van der Waals surface area (Å²) in [5.41, 5.74) is 4.33. The number of ether oxygens (including phenoxy) is 1. The number of carbonyl (C=O) groups excluding carboxylic acids is 1. The SMILES string of the molecule is Cc1nn(-c2ccc3nnc(C)n3n2)c2c1C(c1ccccc1OCc1ccc(Cl)cc1)CC(=O)N2. The second-order valence-corrected chi connectivity index (χ2v) is 9.16. The quantitative estimate of drug-likeness (QED) is 0.378. The van der Waals surface area contributed by atoms with E-state index in [1.807, 2.05) is 74.5 Å². The van der Waals surface area contributed by atoms with E-state index >= 15 is 0 Å².